The van der Waals surface area contributed by atoms with Crippen LogP contribution in [0.15, 0.2) is 42.5 Å². The van der Waals surface area contributed by atoms with Crippen LogP contribution in [0.2, 0.25) is 0 Å². The van der Waals surface area contributed by atoms with E-state index in [-0.39, 0.29) is 12.4 Å². The summed E-state index contributed by atoms with van der Waals surface area (Å²) in [6.07, 6.45) is 5.94. The Morgan fingerprint density at radius 3 is 2.54 bits per heavy atom. The summed E-state index contributed by atoms with van der Waals surface area (Å²) in [5.41, 5.74) is 4.16. The summed E-state index contributed by atoms with van der Waals surface area (Å²) in [6.45, 7) is 4.04. The van der Waals surface area contributed by atoms with Crippen molar-refractivity contribution in [3.05, 3.63) is 53.8 Å². The van der Waals surface area contributed by atoms with Gasteiger partial charge >= 0.3 is 0 Å². The highest BCUT2D eigenvalue weighted by molar-refractivity contribution is 5.61. The van der Waals surface area contributed by atoms with Crippen LogP contribution in [0.1, 0.15) is 37.7 Å². The topological polar surface area (TPSA) is 38.7 Å². The average Bonchev–Trinajstić information content (AvgIpc) is 2.74. The zero-order valence-corrected chi connectivity index (χ0v) is 16.4. The molecular formula is C23H30FN3O. The molecule has 0 unspecified atom stereocenters. The number of nitrogens with zero attached hydrogens (tertiary/aromatic N) is 2. The summed E-state index contributed by atoms with van der Waals surface area (Å²) < 4.78 is 13.6. The van der Waals surface area contributed by atoms with Crippen molar-refractivity contribution in [2.45, 2.75) is 44.8 Å². The van der Waals surface area contributed by atoms with E-state index in [4.69, 9.17) is 0 Å². The Morgan fingerprint density at radius 2 is 1.75 bits per heavy atom. The molecular weight excluding hydrogens is 353 g/mol. The Morgan fingerprint density at radius 1 is 0.929 bits per heavy atom. The van der Waals surface area contributed by atoms with E-state index in [1.807, 2.05) is 6.07 Å². The smallest absolute Gasteiger partial charge is 0.125 e. The molecule has 5 heteroatoms. The molecule has 2 aliphatic rings. The predicted octanol–water partition coefficient (Wildman–Crippen LogP) is 4.39. The van der Waals surface area contributed by atoms with Crippen LogP contribution < -0.4 is 15.1 Å². The Hall–Kier alpha value is -2.27. The average molecular weight is 384 g/mol. The summed E-state index contributed by atoms with van der Waals surface area (Å²) >= 11 is 0. The second-order valence-electron chi connectivity index (χ2n) is 8.00. The molecule has 0 amide bonds. The highest BCUT2D eigenvalue weighted by atomic mass is 19.1. The summed E-state index contributed by atoms with van der Waals surface area (Å²) in [6, 6.07) is 13.5. The molecule has 4 rings (SSSR count). The third-order valence-electron chi connectivity index (χ3n) is 5.85. The van der Waals surface area contributed by atoms with Crippen molar-refractivity contribution < 1.29 is 9.50 Å². The molecule has 2 fully saturated rings. The molecule has 2 aromatic carbocycles. The van der Waals surface area contributed by atoms with Crippen LogP contribution in [-0.4, -0.2) is 37.3 Å². The number of benzene rings is 2. The van der Waals surface area contributed by atoms with E-state index in [1.54, 1.807) is 12.1 Å². The Kier molecular flexibility index (Phi) is 6.01. The van der Waals surface area contributed by atoms with Gasteiger partial charge in [-0.05, 0) is 74.1 Å². The maximum atomic E-state index is 13.6. The lowest BCUT2D eigenvalue weighted by Gasteiger charge is -2.35. The van der Waals surface area contributed by atoms with Gasteiger partial charge in [-0.15, -0.1) is 0 Å². The number of aliphatic hydroxyl groups excluding tert-OH is 1. The van der Waals surface area contributed by atoms with Crippen molar-refractivity contribution >= 4 is 17.1 Å². The van der Waals surface area contributed by atoms with Crippen molar-refractivity contribution in [2.24, 2.45) is 0 Å². The van der Waals surface area contributed by atoms with Crippen molar-refractivity contribution in [3.63, 3.8) is 0 Å². The first-order valence-corrected chi connectivity index (χ1v) is 10.5. The molecule has 1 atom stereocenters. The Bertz CT molecular complexity index is 791. The van der Waals surface area contributed by atoms with E-state index < -0.39 is 0 Å². The zero-order chi connectivity index (χ0) is 19.3. The second kappa shape index (κ2) is 8.82. The van der Waals surface area contributed by atoms with Gasteiger partial charge in [0.1, 0.15) is 5.82 Å². The van der Waals surface area contributed by atoms with Crippen LogP contribution in [0, 0.1) is 5.82 Å². The van der Waals surface area contributed by atoms with Crippen LogP contribution in [0.25, 0.3) is 0 Å². The second-order valence-corrected chi connectivity index (χ2v) is 8.00. The van der Waals surface area contributed by atoms with E-state index in [2.05, 4.69) is 33.3 Å². The lowest BCUT2D eigenvalue weighted by Crippen LogP contribution is -2.42. The van der Waals surface area contributed by atoms with E-state index in [0.29, 0.717) is 6.04 Å². The van der Waals surface area contributed by atoms with E-state index in [0.717, 1.165) is 56.0 Å². The van der Waals surface area contributed by atoms with Gasteiger partial charge in [-0.25, -0.2) is 4.39 Å². The molecule has 0 bridgehead atoms. The van der Waals surface area contributed by atoms with Gasteiger partial charge in [-0.3, -0.25) is 0 Å². The van der Waals surface area contributed by atoms with Gasteiger partial charge in [0.15, 0.2) is 0 Å². The fraction of sp³-hybridized carbons (Fsp3) is 0.478. The number of nitrogens with one attached hydrogen (secondary N) is 1. The first-order valence-electron chi connectivity index (χ1n) is 10.5. The summed E-state index contributed by atoms with van der Waals surface area (Å²) in [4.78, 5) is 4.68. The molecule has 2 aliphatic heterocycles. The van der Waals surface area contributed by atoms with Gasteiger partial charge < -0.3 is 20.2 Å². The molecule has 2 saturated heterocycles. The highest BCUT2D eigenvalue weighted by Gasteiger charge is 2.21. The van der Waals surface area contributed by atoms with Crippen LogP contribution in [0.4, 0.5) is 21.5 Å². The molecule has 150 valence electrons. The molecule has 0 saturated carbocycles. The lowest BCUT2D eigenvalue weighted by atomic mass is 10.0. The van der Waals surface area contributed by atoms with Crippen molar-refractivity contribution in [2.75, 3.05) is 41.3 Å². The van der Waals surface area contributed by atoms with Gasteiger partial charge in [-0.2, -0.15) is 0 Å². The van der Waals surface area contributed by atoms with Gasteiger partial charge in [0, 0.05) is 49.3 Å². The number of piperidine rings is 2. The fourth-order valence-electron chi connectivity index (χ4n) is 4.42. The minimum Gasteiger partial charge on any atom is -0.392 e. The largest absolute Gasteiger partial charge is 0.392 e. The van der Waals surface area contributed by atoms with Gasteiger partial charge in [0.2, 0.25) is 0 Å². The number of rotatable bonds is 5. The summed E-state index contributed by atoms with van der Waals surface area (Å²) in [7, 11) is 0. The molecule has 2 heterocycles. The molecule has 28 heavy (non-hydrogen) atoms. The molecule has 2 aromatic rings. The normalized spacial score (nSPS) is 20.3. The number of hydrogen-bond donors (Lipinski definition) is 2. The van der Waals surface area contributed by atoms with Crippen LogP contribution in [0.3, 0.4) is 0 Å². The molecule has 0 spiro atoms. The number of anilines is 3. The van der Waals surface area contributed by atoms with Crippen LogP contribution in [0.5, 0.6) is 0 Å². The van der Waals surface area contributed by atoms with Crippen molar-refractivity contribution in [1.29, 1.82) is 0 Å². The first-order chi connectivity index (χ1) is 13.7. The molecule has 0 aliphatic carbocycles. The number of halogens is 1. The molecule has 0 aromatic heterocycles. The number of hydrogen-bond acceptors (Lipinski definition) is 4. The SMILES string of the molecule is OCc1cc(N[C@@H]2CCCN(c3cccc(F)c3)C2)cc(N2CCCCC2)c1. The van der Waals surface area contributed by atoms with E-state index in [9.17, 15) is 9.50 Å². The summed E-state index contributed by atoms with van der Waals surface area (Å²) in [5.74, 6) is -0.186. The van der Waals surface area contributed by atoms with Crippen molar-refractivity contribution in [3.8, 4) is 0 Å². The third kappa shape index (κ3) is 4.58. The molecule has 2 N–H and O–H groups in total. The zero-order valence-electron chi connectivity index (χ0n) is 16.4. The van der Waals surface area contributed by atoms with Gasteiger partial charge in [0.05, 0.1) is 6.61 Å². The summed E-state index contributed by atoms with van der Waals surface area (Å²) in [5, 5.41) is 13.4. The Labute approximate surface area is 167 Å². The van der Waals surface area contributed by atoms with Crippen LogP contribution >= 0.6 is 0 Å². The van der Waals surface area contributed by atoms with E-state index in [1.165, 1.54) is 31.0 Å². The monoisotopic (exact) mass is 383 g/mol. The fourth-order valence-corrected chi connectivity index (χ4v) is 4.42. The van der Waals surface area contributed by atoms with Crippen LogP contribution in [-0.2, 0) is 6.61 Å². The maximum absolute atomic E-state index is 13.6. The van der Waals surface area contributed by atoms with E-state index >= 15 is 0 Å². The van der Waals surface area contributed by atoms with Crippen molar-refractivity contribution in [1.82, 2.24) is 0 Å². The minimum absolute atomic E-state index is 0.0520. The maximum Gasteiger partial charge on any atom is 0.125 e. The minimum atomic E-state index is -0.186. The Balaban J connectivity index is 1.48. The molecule has 0 radical (unpaired) electrons. The lowest BCUT2D eigenvalue weighted by molar-refractivity contribution is 0.282. The third-order valence-corrected chi connectivity index (χ3v) is 5.85. The standard InChI is InChI=1S/C23H30FN3O/c24-19-6-4-8-22(14-19)27-11-5-7-20(16-27)25-21-12-18(17-28)13-23(15-21)26-9-2-1-3-10-26/h4,6,8,12-15,20,25,28H,1-3,5,7,9-11,16-17H2/t20-/m1/s1. The number of aliphatic hydroxyl groups is 1. The predicted molar refractivity (Wildman–Crippen MR) is 114 cm³/mol. The quantitative estimate of drug-likeness (QED) is 0.803. The first kappa shape index (κ1) is 19.1. The molecule has 4 nitrogen and oxygen atoms in total. The van der Waals surface area contributed by atoms with Gasteiger partial charge in [0.25, 0.3) is 0 Å². The van der Waals surface area contributed by atoms with Gasteiger partial charge in [-0.1, -0.05) is 6.07 Å². The highest BCUT2D eigenvalue weighted by Crippen LogP contribution is 2.28.